The monoisotopic (exact) mass is 294 g/mol. The van der Waals surface area contributed by atoms with Crippen LogP contribution in [0, 0.1) is 0 Å². The van der Waals surface area contributed by atoms with E-state index in [4.69, 9.17) is 5.11 Å². The summed E-state index contributed by atoms with van der Waals surface area (Å²) in [7, 11) is -3.55. The van der Waals surface area contributed by atoms with E-state index in [0.717, 1.165) is 10.4 Å². The summed E-state index contributed by atoms with van der Waals surface area (Å²) in [5.41, 5.74) is 0.0482. The number of carboxylic acid groups (broad SMARTS) is 1. The van der Waals surface area contributed by atoms with Gasteiger partial charge in [0.2, 0.25) is 0 Å². The number of benzene rings is 1. The molecule has 7 nitrogen and oxygen atoms in total. The standard InChI is InChI=1S/C12H10N2O5S/c1-2-20(18,19)9-5-3-8(4-6-9)14-11(15)7-10(13-14)12(16)17/h2-6H,1,7H2,(H,16,17). The molecule has 104 valence electrons. The Labute approximate surface area is 114 Å². The molecule has 2 rings (SSSR count). The second-order valence-corrected chi connectivity index (χ2v) is 5.83. The van der Waals surface area contributed by atoms with Gasteiger partial charge in [-0.25, -0.2) is 13.2 Å². The lowest BCUT2D eigenvalue weighted by molar-refractivity contribution is -0.129. The first-order valence-electron chi connectivity index (χ1n) is 5.46. The van der Waals surface area contributed by atoms with Gasteiger partial charge in [0, 0.05) is 5.41 Å². The van der Waals surface area contributed by atoms with Gasteiger partial charge in [-0.1, -0.05) is 6.58 Å². The molecule has 1 aromatic carbocycles. The highest BCUT2D eigenvalue weighted by atomic mass is 32.2. The molecule has 0 saturated heterocycles. The predicted octanol–water partition coefficient (Wildman–Crippen LogP) is 0.781. The molecule has 8 heteroatoms. The van der Waals surface area contributed by atoms with Gasteiger partial charge in [-0.05, 0) is 24.3 Å². The maximum atomic E-state index is 11.6. The second kappa shape index (κ2) is 4.89. The van der Waals surface area contributed by atoms with E-state index in [2.05, 4.69) is 11.7 Å². The number of carbonyl (C=O) groups excluding carboxylic acids is 1. The van der Waals surface area contributed by atoms with Crippen LogP contribution in [0.3, 0.4) is 0 Å². The zero-order valence-electron chi connectivity index (χ0n) is 10.2. The average molecular weight is 294 g/mol. The van der Waals surface area contributed by atoms with Crippen LogP contribution in [0.4, 0.5) is 5.69 Å². The summed E-state index contributed by atoms with van der Waals surface area (Å²) >= 11 is 0. The van der Waals surface area contributed by atoms with Crippen LogP contribution in [0.2, 0.25) is 0 Å². The summed E-state index contributed by atoms with van der Waals surface area (Å²) in [5, 5.41) is 14.2. The third-order valence-electron chi connectivity index (χ3n) is 2.65. The molecular weight excluding hydrogens is 284 g/mol. The molecule has 0 saturated carbocycles. The van der Waals surface area contributed by atoms with E-state index in [1.807, 2.05) is 0 Å². The molecule has 0 radical (unpaired) electrons. The number of hydrogen-bond donors (Lipinski definition) is 1. The van der Waals surface area contributed by atoms with Crippen LogP contribution in [0.25, 0.3) is 0 Å². The van der Waals surface area contributed by atoms with Crippen LogP contribution in [-0.4, -0.2) is 31.1 Å². The first-order chi connectivity index (χ1) is 9.35. The number of hydrazone groups is 1. The fourth-order valence-corrected chi connectivity index (χ4v) is 2.33. The van der Waals surface area contributed by atoms with Gasteiger partial charge < -0.3 is 5.11 Å². The molecule has 1 aliphatic heterocycles. The minimum absolute atomic E-state index is 0.0327. The van der Waals surface area contributed by atoms with Crippen LogP contribution >= 0.6 is 0 Å². The van der Waals surface area contributed by atoms with Gasteiger partial charge in [-0.2, -0.15) is 10.1 Å². The van der Waals surface area contributed by atoms with Gasteiger partial charge in [0.05, 0.1) is 17.0 Å². The van der Waals surface area contributed by atoms with E-state index < -0.39 is 21.7 Å². The number of amides is 1. The third kappa shape index (κ3) is 2.45. The molecule has 1 amide bonds. The number of nitrogens with zero attached hydrogens (tertiary/aromatic N) is 2. The Morgan fingerprint density at radius 1 is 1.35 bits per heavy atom. The maximum Gasteiger partial charge on any atom is 0.352 e. The fraction of sp³-hybridized carbons (Fsp3) is 0.0833. The zero-order chi connectivity index (χ0) is 14.9. The van der Waals surface area contributed by atoms with Crippen LogP contribution in [0.5, 0.6) is 0 Å². The van der Waals surface area contributed by atoms with Crippen LogP contribution in [0.15, 0.2) is 46.2 Å². The van der Waals surface area contributed by atoms with Crippen molar-refractivity contribution in [3.63, 3.8) is 0 Å². The number of anilines is 1. The lowest BCUT2D eigenvalue weighted by Crippen LogP contribution is -2.19. The number of hydrogen-bond acceptors (Lipinski definition) is 5. The molecule has 0 bridgehead atoms. The van der Waals surface area contributed by atoms with Crippen molar-refractivity contribution in [1.82, 2.24) is 0 Å². The van der Waals surface area contributed by atoms with Crippen molar-refractivity contribution in [3.8, 4) is 0 Å². The molecule has 1 N–H and O–H groups in total. The number of carboxylic acids is 1. The summed E-state index contributed by atoms with van der Waals surface area (Å²) in [6, 6.07) is 5.35. The summed E-state index contributed by atoms with van der Waals surface area (Å²) in [6.07, 6.45) is -0.290. The Hall–Kier alpha value is -2.48. The molecule has 0 atom stereocenters. The molecule has 0 fully saturated rings. The summed E-state index contributed by atoms with van der Waals surface area (Å²) < 4.78 is 23.1. The smallest absolute Gasteiger partial charge is 0.352 e. The minimum Gasteiger partial charge on any atom is -0.477 e. The Morgan fingerprint density at radius 3 is 2.40 bits per heavy atom. The van der Waals surface area contributed by atoms with E-state index in [0.29, 0.717) is 5.69 Å². The highest BCUT2D eigenvalue weighted by Gasteiger charge is 2.29. The van der Waals surface area contributed by atoms with Crippen LogP contribution in [-0.2, 0) is 19.4 Å². The molecule has 0 aliphatic carbocycles. The van der Waals surface area contributed by atoms with Gasteiger partial charge >= 0.3 is 5.97 Å². The van der Waals surface area contributed by atoms with E-state index in [1.54, 1.807) is 0 Å². The molecule has 0 unspecified atom stereocenters. The molecule has 0 spiro atoms. The van der Waals surface area contributed by atoms with E-state index >= 15 is 0 Å². The van der Waals surface area contributed by atoms with Gasteiger partial charge in [-0.15, -0.1) is 0 Å². The first kappa shape index (κ1) is 13.9. The first-order valence-corrected chi connectivity index (χ1v) is 7.01. The normalized spacial score (nSPS) is 15.1. The Morgan fingerprint density at radius 2 is 1.95 bits per heavy atom. The van der Waals surface area contributed by atoms with E-state index in [9.17, 15) is 18.0 Å². The minimum atomic E-state index is -3.55. The van der Waals surface area contributed by atoms with Crippen molar-refractivity contribution in [2.45, 2.75) is 11.3 Å². The Bertz CT molecular complexity index is 719. The van der Waals surface area contributed by atoms with Gasteiger partial charge in [-0.3, -0.25) is 4.79 Å². The van der Waals surface area contributed by atoms with Crippen molar-refractivity contribution >= 4 is 33.1 Å². The molecule has 0 aromatic heterocycles. The molecule has 1 heterocycles. The van der Waals surface area contributed by atoms with Crippen molar-refractivity contribution in [3.05, 3.63) is 36.3 Å². The SMILES string of the molecule is C=CS(=O)(=O)c1ccc(N2N=C(C(=O)O)CC2=O)cc1. The maximum absolute atomic E-state index is 11.6. The Balaban J connectivity index is 2.34. The highest BCUT2D eigenvalue weighted by molar-refractivity contribution is 7.94. The van der Waals surface area contributed by atoms with Crippen molar-refractivity contribution in [2.24, 2.45) is 5.10 Å². The van der Waals surface area contributed by atoms with Gasteiger partial charge in [0.15, 0.2) is 15.5 Å². The summed E-state index contributed by atoms with van der Waals surface area (Å²) in [4.78, 5) is 22.4. The van der Waals surface area contributed by atoms with Crippen molar-refractivity contribution in [2.75, 3.05) is 5.01 Å². The van der Waals surface area contributed by atoms with Gasteiger partial charge in [0.1, 0.15) is 0 Å². The molecule has 1 aromatic rings. The average Bonchev–Trinajstić information content (AvgIpc) is 2.81. The zero-order valence-corrected chi connectivity index (χ0v) is 11.0. The Kier molecular flexibility index (Phi) is 3.41. The van der Waals surface area contributed by atoms with Crippen molar-refractivity contribution < 1.29 is 23.1 Å². The third-order valence-corrected chi connectivity index (χ3v) is 4.02. The highest BCUT2D eigenvalue weighted by Crippen LogP contribution is 2.23. The largest absolute Gasteiger partial charge is 0.477 e. The van der Waals surface area contributed by atoms with Crippen molar-refractivity contribution in [1.29, 1.82) is 0 Å². The quantitative estimate of drug-likeness (QED) is 0.883. The number of carbonyl (C=O) groups is 2. The summed E-state index contributed by atoms with van der Waals surface area (Å²) in [5.74, 6) is -1.74. The van der Waals surface area contributed by atoms with Crippen LogP contribution < -0.4 is 5.01 Å². The number of aliphatic carboxylic acids is 1. The van der Waals surface area contributed by atoms with E-state index in [1.165, 1.54) is 24.3 Å². The molecular formula is C12H10N2O5S. The molecule has 1 aliphatic rings. The summed E-state index contributed by atoms with van der Waals surface area (Å²) in [6.45, 7) is 3.21. The number of sulfone groups is 1. The second-order valence-electron chi connectivity index (χ2n) is 3.94. The topological polar surface area (TPSA) is 104 Å². The lowest BCUT2D eigenvalue weighted by Gasteiger charge is -2.11. The van der Waals surface area contributed by atoms with Crippen LogP contribution in [0.1, 0.15) is 6.42 Å². The van der Waals surface area contributed by atoms with E-state index in [-0.39, 0.29) is 17.0 Å². The lowest BCUT2D eigenvalue weighted by atomic mass is 10.2. The molecule has 20 heavy (non-hydrogen) atoms. The fourth-order valence-electron chi connectivity index (χ4n) is 1.62. The van der Waals surface area contributed by atoms with Gasteiger partial charge in [0.25, 0.3) is 5.91 Å². The number of rotatable bonds is 4. The predicted molar refractivity (Wildman–Crippen MR) is 71.0 cm³/mol.